The van der Waals surface area contributed by atoms with Crippen molar-refractivity contribution in [2.75, 3.05) is 39.6 Å². The highest BCUT2D eigenvalue weighted by Gasteiger charge is 2.25. The van der Waals surface area contributed by atoms with Crippen molar-refractivity contribution in [1.29, 1.82) is 0 Å². The largest absolute Gasteiger partial charge is 0.394 e. The molecule has 3 unspecified atom stereocenters. The molecule has 3 atom stereocenters. The molecule has 30 heavy (non-hydrogen) atoms. The summed E-state index contributed by atoms with van der Waals surface area (Å²) in [6, 6.07) is -4.68. The lowest BCUT2D eigenvalue weighted by Crippen LogP contribution is -2.56. The molecule has 15 nitrogen and oxygen atoms in total. The summed E-state index contributed by atoms with van der Waals surface area (Å²) in [6.45, 7) is 0.490. The fourth-order valence-electron chi connectivity index (χ4n) is 1.88. The van der Waals surface area contributed by atoms with E-state index >= 15 is 0 Å². The van der Waals surface area contributed by atoms with Gasteiger partial charge in [-0.3, -0.25) is 19.7 Å². The summed E-state index contributed by atoms with van der Waals surface area (Å²) in [5, 5.41) is 26.8. The van der Waals surface area contributed by atoms with Crippen molar-refractivity contribution in [3.05, 3.63) is 0 Å². The molecular weight excluding hydrogens is 408 g/mol. The van der Waals surface area contributed by atoms with Crippen molar-refractivity contribution in [2.45, 2.75) is 25.1 Å². The quantitative estimate of drug-likeness (QED) is 0.122. The molecule has 0 fully saturated rings. The molecule has 172 valence electrons. The Labute approximate surface area is 171 Å². The van der Waals surface area contributed by atoms with Gasteiger partial charge in [0.1, 0.15) is 18.7 Å². The number of hydrogen-bond acceptors (Lipinski definition) is 9. The van der Waals surface area contributed by atoms with Crippen LogP contribution in [0, 0.1) is 0 Å². The fraction of sp³-hybridized carbons (Fsp3) is 0.667. The first-order valence-electron chi connectivity index (χ1n) is 8.76. The van der Waals surface area contributed by atoms with Crippen LogP contribution in [-0.4, -0.2) is 97.8 Å². The number of amides is 7. The molecule has 7 amide bonds. The third kappa shape index (κ3) is 12.4. The summed E-state index contributed by atoms with van der Waals surface area (Å²) >= 11 is 0. The van der Waals surface area contributed by atoms with E-state index in [9.17, 15) is 29.1 Å². The van der Waals surface area contributed by atoms with Gasteiger partial charge in [0.2, 0.25) is 17.7 Å². The molecule has 0 spiro atoms. The van der Waals surface area contributed by atoms with Crippen molar-refractivity contribution in [3.63, 3.8) is 0 Å². The predicted octanol–water partition coefficient (Wildman–Crippen LogP) is -4.77. The Bertz CT molecular complexity index is 601. The summed E-state index contributed by atoms with van der Waals surface area (Å²) < 4.78 is 10.2. The van der Waals surface area contributed by atoms with Crippen LogP contribution in [0.15, 0.2) is 0 Å². The normalized spacial score (nSPS) is 13.4. The van der Waals surface area contributed by atoms with E-state index in [1.165, 1.54) is 6.92 Å². The number of carbonyl (C=O) groups excluding carboxylic acids is 5. The zero-order valence-corrected chi connectivity index (χ0v) is 16.4. The third-order valence-corrected chi connectivity index (χ3v) is 3.30. The number of nitrogens with one attached hydrogen (secondary N) is 4. The Morgan fingerprint density at radius 3 is 2.17 bits per heavy atom. The van der Waals surface area contributed by atoms with E-state index in [4.69, 9.17) is 26.0 Å². The van der Waals surface area contributed by atoms with E-state index in [0.29, 0.717) is 0 Å². The van der Waals surface area contributed by atoms with E-state index in [-0.39, 0.29) is 33.0 Å². The Morgan fingerprint density at radius 2 is 1.63 bits per heavy atom. The van der Waals surface area contributed by atoms with Crippen molar-refractivity contribution in [1.82, 2.24) is 21.3 Å². The van der Waals surface area contributed by atoms with Gasteiger partial charge in [-0.25, -0.2) is 9.59 Å². The van der Waals surface area contributed by atoms with Crippen LogP contribution in [0.2, 0.25) is 0 Å². The summed E-state index contributed by atoms with van der Waals surface area (Å²) in [5.74, 6) is -2.23. The van der Waals surface area contributed by atoms with Gasteiger partial charge in [0.15, 0.2) is 0 Å². The van der Waals surface area contributed by atoms with E-state index < -0.39 is 54.6 Å². The van der Waals surface area contributed by atoms with Gasteiger partial charge in [-0.2, -0.15) is 0 Å². The Morgan fingerprint density at radius 1 is 1.00 bits per heavy atom. The molecule has 0 rings (SSSR count). The minimum atomic E-state index is -1.32. The number of primary amides is 2. The van der Waals surface area contributed by atoms with Crippen LogP contribution in [0.5, 0.6) is 0 Å². The van der Waals surface area contributed by atoms with Crippen LogP contribution < -0.4 is 32.7 Å². The predicted molar refractivity (Wildman–Crippen MR) is 99.6 cm³/mol. The standard InChI is InChI=1S/C15H28N6O9/c1-8(23)11(20-15(28)21-14(17)27)13(26)18-2-3-29-4-5-30-7-10(24)19-9(6-22)12(16)25/h8-9,11,22-23H,2-7H2,1H3,(H2,16,25)(H,18,26)(H,19,24)(H4,17,20,21,27,28). The molecule has 0 saturated carbocycles. The number of ether oxygens (including phenoxy) is 2. The molecule has 0 aromatic rings. The SMILES string of the molecule is CC(O)C(NC(=O)NC(N)=O)C(=O)NCCOCCOCC(=O)NC(CO)C(N)=O. The summed E-state index contributed by atoms with van der Waals surface area (Å²) in [5.41, 5.74) is 9.73. The lowest BCUT2D eigenvalue weighted by molar-refractivity contribution is -0.131. The second kappa shape index (κ2) is 14.9. The van der Waals surface area contributed by atoms with E-state index in [1.54, 1.807) is 5.32 Å². The molecule has 0 bridgehead atoms. The topological polar surface area (TPSA) is 244 Å². The van der Waals surface area contributed by atoms with Crippen LogP contribution >= 0.6 is 0 Å². The lowest BCUT2D eigenvalue weighted by atomic mass is 10.1. The number of imide groups is 1. The zero-order valence-electron chi connectivity index (χ0n) is 16.4. The van der Waals surface area contributed by atoms with E-state index in [2.05, 4.69) is 16.0 Å². The number of urea groups is 2. The monoisotopic (exact) mass is 436 g/mol. The summed E-state index contributed by atoms with van der Waals surface area (Å²) in [4.78, 5) is 56.3. The molecule has 0 radical (unpaired) electrons. The van der Waals surface area contributed by atoms with Crippen molar-refractivity contribution in [2.24, 2.45) is 11.5 Å². The maximum atomic E-state index is 12.0. The average molecular weight is 436 g/mol. The maximum Gasteiger partial charge on any atom is 0.323 e. The van der Waals surface area contributed by atoms with Crippen molar-refractivity contribution < 1.29 is 43.7 Å². The first-order valence-corrected chi connectivity index (χ1v) is 8.76. The summed E-state index contributed by atoms with van der Waals surface area (Å²) in [7, 11) is 0. The minimum absolute atomic E-state index is 0.0346. The molecule has 0 saturated heterocycles. The number of aliphatic hydroxyl groups excluding tert-OH is 2. The van der Waals surface area contributed by atoms with Gasteiger partial charge in [0.25, 0.3) is 0 Å². The van der Waals surface area contributed by atoms with E-state index in [1.807, 2.05) is 0 Å². The first-order chi connectivity index (χ1) is 14.1. The number of rotatable bonds is 14. The molecule has 15 heteroatoms. The Balaban J connectivity index is 3.96. The van der Waals surface area contributed by atoms with Gasteiger partial charge in [0, 0.05) is 6.54 Å². The number of aliphatic hydroxyl groups is 2. The minimum Gasteiger partial charge on any atom is -0.394 e. The first kappa shape index (κ1) is 27.0. The van der Waals surface area contributed by atoms with Gasteiger partial charge in [-0.1, -0.05) is 0 Å². The Kier molecular flexibility index (Phi) is 13.4. The summed E-state index contributed by atoms with van der Waals surface area (Å²) in [6.07, 6.45) is -1.25. The third-order valence-electron chi connectivity index (χ3n) is 3.30. The highest BCUT2D eigenvalue weighted by molar-refractivity contribution is 5.95. The molecular formula is C15H28N6O9. The highest BCUT2D eigenvalue weighted by Crippen LogP contribution is 1.93. The lowest BCUT2D eigenvalue weighted by Gasteiger charge is -2.20. The second-order valence-electron chi connectivity index (χ2n) is 5.84. The molecule has 0 aliphatic heterocycles. The molecule has 10 N–H and O–H groups in total. The number of carbonyl (C=O) groups is 5. The van der Waals surface area contributed by atoms with Crippen LogP contribution in [0.4, 0.5) is 9.59 Å². The molecule has 0 aliphatic carbocycles. The van der Waals surface area contributed by atoms with Gasteiger partial charge < -0.3 is 47.1 Å². The van der Waals surface area contributed by atoms with Gasteiger partial charge in [-0.05, 0) is 6.92 Å². The van der Waals surface area contributed by atoms with Crippen LogP contribution in [0.3, 0.4) is 0 Å². The number of nitrogens with two attached hydrogens (primary N) is 2. The fourth-order valence-corrected chi connectivity index (χ4v) is 1.88. The van der Waals surface area contributed by atoms with Gasteiger partial charge in [-0.15, -0.1) is 0 Å². The van der Waals surface area contributed by atoms with Crippen molar-refractivity contribution >= 4 is 29.8 Å². The van der Waals surface area contributed by atoms with Gasteiger partial charge >= 0.3 is 12.1 Å². The average Bonchev–Trinajstić information content (AvgIpc) is 2.64. The van der Waals surface area contributed by atoms with Crippen molar-refractivity contribution in [3.8, 4) is 0 Å². The van der Waals surface area contributed by atoms with Crippen LogP contribution in [-0.2, 0) is 23.9 Å². The van der Waals surface area contributed by atoms with Gasteiger partial charge in [0.05, 0.1) is 32.5 Å². The number of hydrogen-bond donors (Lipinski definition) is 8. The molecule has 0 aliphatic rings. The molecule has 0 heterocycles. The highest BCUT2D eigenvalue weighted by atomic mass is 16.5. The second-order valence-corrected chi connectivity index (χ2v) is 5.84. The smallest absolute Gasteiger partial charge is 0.323 e. The van der Waals surface area contributed by atoms with Crippen LogP contribution in [0.25, 0.3) is 0 Å². The maximum absolute atomic E-state index is 12.0. The molecule has 0 aromatic heterocycles. The molecule has 0 aromatic carbocycles. The van der Waals surface area contributed by atoms with E-state index in [0.717, 1.165) is 0 Å². The zero-order chi connectivity index (χ0) is 23.1. The Hall–Kier alpha value is -3.01. The van der Waals surface area contributed by atoms with Crippen LogP contribution in [0.1, 0.15) is 6.92 Å².